The molecular formula is C19H16ClN3O2. The Balaban J connectivity index is 1.67. The van der Waals surface area contributed by atoms with Crippen LogP contribution in [0, 0.1) is 17.2 Å². The van der Waals surface area contributed by atoms with Gasteiger partial charge in [0.15, 0.2) is 0 Å². The lowest BCUT2D eigenvalue weighted by Crippen LogP contribution is -2.38. The molecule has 0 aromatic heterocycles. The smallest absolute Gasteiger partial charge is 0.313 e. The third-order valence-electron chi connectivity index (χ3n) is 4.06. The predicted octanol–water partition coefficient (Wildman–Crippen LogP) is 3.42. The largest absolute Gasteiger partial charge is 0.341 e. The number of hydrogen-bond donors (Lipinski definition) is 2. The van der Waals surface area contributed by atoms with Crippen LogP contribution in [-0.4, -0.2) is 11.8 Å². The monoisotopic (exact) mass is 353 g/mol. The number of nitrogens with zero attached hydrogens (tertiary/aromatic N) is 1. The van der Waals surface area contributed by atoms with Gasteiger partial charge in [-0.15, -0.1) is 0 Å². The van der Waals surface area contributed by atoms with Gasteiger partial charge in [-0.2, -0.15) is 5.26 Å². The number of amides is 2. The van der Waals surface area contributed by atoms with E-state index >= 15 is 0 Å². The molecule has 25 heavy (non-hydrogen) atoms. The lowest BCUT2D eigenvalue weighted by atomic mass is 10.0. The third kappa shape index (κ3) is 4.37. The van der Waals surface area contributed by atoms with Gasteiger partial charge in [-0.05, 0) is 54.7 Å². The minimum Gasteiger partial charge on any atom is -0.341 e. The molecule has 1 atom stereocenters. The van der Waals surface area contributed by atoms with Crippen LogP contribution in [0.15, 0.2) is 48.5 Å². The van der Waals surface area contributed by atoms with Crippen LogP contribution in [0.25, 0.3) is 0 Å². The molecule has 6 heteroatoms. The Bertz CT molecular complexity index is 838. The van der Waals surface area contributed by atoms with E-state index in [1.54, 1.807) is 30.3 Å². The number of benzene rings is 2. The summed E-state index contributed by atoms with van der Waals surface area (Å²) < 4.78 is 0. The molecule has 1 aliphatic rings. The molecular weight excluding hydrogens is 338 g/mol. The van der Waals surface area contributed by atoms with Crippen molar-refractivity contribution in [1.29, 1.82) is 5.26 Å². The summed E-state index contributed by atoms with van der Waals surface area (Å²) >= 11 is 5.91. The molecule has 5 nitrogen and oxygen atoms in total. The summed E-state index contributed by atoms with van der Waals surface area (Å²) in [6.07, 6.45) is 2.03. The molecule has 2 amide bonds. The molecule has 1 saturated carbocycles. The minimum atomic E-state index is -0.755. The second-order valence-electron chi connectivity index (χ2n) is 5.99. The van der Waals surface area contributed by atoms with Crippen LogP contribution in [0.5, 0.6) is 0 Å². The first kappa shape index (κ1) is 17.0. The van der Waals surface area contributed by atoms with Crippen LogP contribution in [0.2, 0.25) is 5.02 Å². The second-order valence-corrected chi connectivity index (χ2v) is 6.42. The topological polar surface area (TPSA) is 82.0 Å². The summed E-state index contributed by atoms with van der Waals surface area (Å²) in [5.41, 5.74) is 1.75. The second kappa shape index (κ2) is 7.37. The molecule has 2 aromatic carbocycles. The molecule has 1 unspecified atom stereocenters. The number of nitriles is 1. The lowest BCUT2D eigenvalue weighted by Gasteiger charge is -2.18. The maximum Gasteiger partial charge on any atom is 0.313 e. The summed E-state index contributed by atoms with van der Waals surface area (Å²) in [7, 11) is 0. The van der Waals surface area contributed by atoms with Gasteiger partial charge in [0.25, 0.3) is 0 Å². The van der Waals surface area contributed by atoms with Gasteiger partial charge in [0.05, 0.1) is 17.7 Å². The van der Waals surface area contributed by atoms with E-state index in [0.29, 0.717) is 22.2 Å². The zero-order chi connectivity index (χ0) is 17.8. The number of hydrogen-bond acceptors (Lipinski definition) is 3. The van der Waals surface area contributed by atoms with Gasteiger partial charge in [0.1, 0.15) is 0 Å². The molecule has 1 fully saturated rings. The van der Waals surface area contributed by atoms with Crippen molar-refractivity contribution in [3.63, 3.8) is 0 Å². The van der Waals surface area contributed by atoms with E-state index in [2.05, 4.69) is 10.6 Å². The summed E-state index contributed by atoms with van der Waals surface area (Å²) in [6, 6.07) is 15.5. The van der Waals surface area contributed by atoms with Gasteiger partial charge in [0, 0.05) is 10.7 Å². The molecule has 0 spiro atoms. The summed E-state index contributed by atoms with van der Waals surface area (Å²) in [5, 5.41) is 14.8. The zero-order valence-electron chi connectivity index (χ0n) is 13.3. The number of halogens is 1. The van der Waals surface area contributed by atoms with E-state index in [4.69, 9.17) is 16.9 Å². The van der Waals surface area contributed by atoms with E-state index in [1.165, 1.54) is 6.07 Å². The normalized spacial score (nSPS) is 14.2. The maximum absolute atomic E-state index is 12.3. The molecule has 126 valence electrons. The van der Waals surface area contributed by atoms with E-state index < -0.39 is 11.8 Å². The van der Waals surface area contributed by atoms with Crippen molar-refractivity contribution < 1.29 is 9.59 Å². The number of carbonyl (C=O) groups is 2. The average molecular weight is 354 g/mol. The van der Waals surface area contributed by atoms with Gasteiger partial charge in [-0.3, -0.25) is 9.59 Å². The molecule has 0 heterocycles. The number of rotatable bonds is 4. The zero-order valence-corrected chi connectivity index (χ0v) is 14.1. The van der Waals surface area contributed by atoms with Crippen molar-refractivity contribution in [2.45, 2.75) is 18.9 Å². The molecule has 0 aliphatic heterocycles. The summed E-state index contributed by atoms with van der Waals surface area (Å²) in [6.45, 7) is 0. The van der Waals surface area contributed by atoms with Crippen molar-refractivity contribution in [3.8, 4) is 6.07 Å². The van der Waals surface area contributed by atoms with Crippen molar-refractivity contribution in [2.75, 3.05) is 5.32 Å². The summed E-state index contributed by atoms with van der Waals surface area (Å²) in [4.78, 5) is 24.4. The fourth-order valence-corrected chi connectivity index (χ4v) is 2.76. The molecule has 0 radical (unpaired) electrons. The van der Waals surface area contributed by atoms with Crippen LogP contribution in [0.4, 0.5) is 5.69 Å². The van der Waals surface area contributed by atoms with E-state index in [1.807, 2.05) is 18.2 Å². The fraction of sp³-hybridized carbons (Fsp3) is 0.211. The van der Waals surface area contributed by atoms with Crippen molar-refractivity contribution in [3.05, 3.63) is 64.7 Å². The van der Waals surface area contributed by atoms with E-state index in [-0.39, 0.29) is 6.04 Å². The SMILES string of the molecule is N#Cc1cccc(NC(=O)C(=O)NC(c2ccc(Cl)cc2)C2CC2)c1. The van der Waals surface area contributed by atoms with E-state index in [0.717, 1.165) is 18.4 Å². The average Bonchev–Trinajstić information content (AvgIpc) is 3.45. The molecule has 0 saturated heterocycles. The summed E-state index contributed by atoms with van der Waals surface area (Å²) in [5.74, 6) is -1.12. The Labute approximate surface area is 150 Å². The highest BCUT2D eigenvalue weighted by Crippen LogP contribution is 2.41. The van der Waals surface area contributed by atoms with Crippen LogP contribution in [0.1, 0.15) is 30.0 Å². The van der Waals surface area contributed by atoms with Gasteiger partial charge in [0.2, 0.25) is 0 Å². The quantitative estimate of drug-likeness (QED) is 0.826. The molecule has 2 N–H and O–H groups in total. The van der Waals surface area contributed by atoms with Gasteiger partial charge < -0.3 is 10.6 Å². The highest BCUT2D eigenvalue weighted by Gasteiger charge is 2.34. The van der Waals surface area contributed by atoms with Gasteiger partial charge >= 0.3 is 11.8 Å². The third-order valence-corrected chi connectivity index (χ3v) is 4.32. The molecule has 2 aromatic rings. The first-order chi connectivity index (χ1) is 12.1. The van der Waals surface area contributed by atoms with Crippen molar-refractivity contribution in [1.82, 2.24) is 5.32 Å². The number of carbonyl (C=O) groups excluding carboxylic acids is 2. The molecule has 1 aliphatic carbocycles. The van der Waals surface area contributed by atoms with Crippen LogP contribution >= 0.6 is 11.6 Å². The Kier molecular flexibility index (Phi) is 5.01. The molecule has 0 bridgehead atoms. The first-order valence-electron chi connectivity index (χ1n) is 7.94. The molecule has 3 rings (SSSR count). The van der Waals surface area contributed by atoms with Gasteiger partial charge in [-0.25, -0.2) is 0 Å². The maximum atomic E-state index is 12.3. The highest BCUT2D eigenvalue weighted by molar-refractivity contribution is 6.39. The Morgan fingerprint density at radius 2 is 1.84 bits per heavy atom. The number of anilines is 1. The van der Waals surface area contributed by atoms with Crippen LogP contribution in [0.3, 0.4) is 0 Å². The van der Waals surface area contributed by atoms with Gasteiger partial charge in [-0.1, -0.05) is 29.8 Å². The minimum absolute atomic E-state index is 0.207. The van der Waals surface area contributed by atoms with Crippen molar-refractivity contribution >= 4 is 29.1 Å². The Morgan fingerprint density at radius 3 is 2.48 bits per heavy atom. The van der Waals surface area contributed by atoms with Crippen LogP contribution < -0.4 is 10.6 Å². The Hall–Kier alpha value is -2.84. The van der Waals surface area contributed by atoms with E-state index in [9.17, 15) is 9.59 Å². The standard InChI is InChI=1S/C19H16ClN3O2/c20-15-8-6-14(7-9-15)17(13-4-5-13)23-19(25)18(24)22-16-3-1-2-12(10-16)11-21/h1-3,6-10,13,17H,4-5H2,(H,22,24)(H,23,25). The predicted molar refractivity (Wildman–Crippen MR) is 94.8 cm³/mol. The number of nitrogens with one attached hydrogen (secondary N) is 2. The fourth-order valence-electron chi connectivity index (χ4n) is 2.63. The lowest BCUT2D eigenvalue weighted by molar-refractivity contribution is -0.136. The van der Waals surface area contributed by atoms with Crippen LogP contribution in [-0.2, 0) is 9.59 Å². The first-order valence-corrected chi connectivity index (χ1v) is 8.32. The Morgan fingerprint density at radius 1 is 1.12 bits per heavy atom. The van der Waals surface area contributed by atoms with Crippen molar-refractivity contribution in [2.24, 2.45) is 5.92 Å². The highest BCUT2D eigenvalue weighted by atomic mass is 35.5.